The number of para-hydroxylation sites is 1. The molecular formula is C30H37ClFN5O2. The third-order valence-electron chi connectivity index (χ3n) is 7.29. The van der Waals surface area contributed by atoms with Crippen molar-refractivity contribution in [3.05, 3.63) is 58.1 Å². The lowest BCUT2D eigenvalue weighted by atomic mass is 9.75. The van der Waals surface area contributed by atoms with Crippen LogP contribution in [-0.2, 0) is 11.3 Å². The zero-order chi connectivity index (χ0) is 28.5. The molecule has 2 amide bonds. The fourth-order valence-corrected chi connectivity index (χ4v) is 5.01. The molecule has 2 aromatic carbocycles. The molecule has 0 unspecified atom stereocenters. The third kappa shape index (κ3) is 6.67. The van der Waals surface area contributed by atoms with E-state index in [1.165, 1.54) is 12.1 Å². The van der Waals surface area contributed by atoms with Crippen LogP contribution in [0.4, 0.5) is 15.9 Å². The van der Waals surface area contributed by atoms with Crippen LogP contribution in [-0.4, -0.2) is 27.8 Å². The molecule has 1 heterocycles. The van der Waals surface area contributed by atoms with E-state index in [0.717, 1.165) is 36.9 Å². The highest BCUT2D eigenvalue weighted by atomic mass is 35.5. The van der Waals surface area contributed by atoms with Gasteiger partial charge in [-0.2, -0.15) is 0 Å². The van der Waals surface area contributed by atoms with Gasteiger partial charge < -0.3 is 16.0 Å². The van der Waals surface area contributed by atoms with Crippen LogP contribution in [0.5, 0.6) is 0 Å². The molecule has 7 nitrogen and oxygen atoms in total. The minimum absolute atomic E-state index is 0.0236. The normalized spacial score (nSPS) is 15.7. The average Bonchev–Trinajstić information content (AvgIpc) is 2.84. The van der Waals surface area contributed by atoms with E-state index in [-0.39, 0.29) is 28.6 Å². The molecule has 1 aliphatic rings. The lowest BCUT2D eigenvalue weighted by Crippen LogP contribution is -2.34. The maximum absolute atomic E-state index is 15.5. The maximum atomic E-state index is 15.5. The molecule has 4 rings (SSSR count). The number of fused-ring (bicyclic) bond motifs is 1. The number of rotatable bonds is 6. The summed E-state index contributed by atoms with van der Waals surface area (Å²) in [6.45, 7) is 11.7. The smallest absolute Gasteiger partial charge is 0.260 e. The number of hydrogen-bond donors (Lipinski definition) is 3. The summed E-state index contributed by atoms with van der Waals surface area (Å²) >= 11 is 6.27. The number of anilines is 2. The monoisotopic (exact) mass is 553 g/mol. The van der Waals surface area contributed by atoms with E-state index in [9.17, 15) is 9.59 Å². The largest absolute Gasteiger partial charge is 0.367 e. The summed E-state index contributed by atoms with van der Waals surface area (Å²) in [5, 5.41) is 9.85. The molecule has 3 N–H and O–H groups in total. The molecule has 208 valence electrons. The maximum Gasteiger partial charge on any atom is 0.260 e. The molecule has 1 saturated carbocycles. The van der Waals surface area contributed by atoms with Crippen molar-refractivity contribution in [1.82, 2.24) is 15.3 Å². The minimum Gasteiger partial charge on any atom is -0.367 e. The second-order valence-electron chi connectivity index (χ2n) is 12.2. The van der Waals surface area contributed by atoms with Crippen molar-refractivity contribution in [3.8, 4) is 0 Å². The molecule has 9 heteroatoms. The van der Waals surface area contributed by atoms with E-state index in [2.05, 4.69) is 39.8 Å². The lowest BCUT2D eigenvalue weighted by Gasteiger charge is -2.35. The van der Waals surface area contributed by atoms with Gasteiger partial charge in [0.05, 0.1) is 21.8 Å². The molecule has 0 radical (unpaired) electrons. The number of amides is 2. The Morgan fingerprint density at radius 1 is 1.10 bits per heavy atom. The average molecular weight is 554 g/mol. The molecule has 0 spiro atoms. The number of aromatic nitrogens is 2. The number of hydrogen-bond acceptors (Lipinski definition) is 5. The highest BCUT2D eigenvalue weighted by Gasteiger charge is 2.28. The highest BCUT2D eigenvalue weighted by Crippen LogP contribution is 2.37. The van der Waals surface area contributed by atoms with E-state index >= 15 is 4.39 Å². The number of nitrogens with zero attached hydrogens (tertiary/aromatic N) is 2. The van der Waals surface area contributed by atoms with Gasteiger partial charge in [0.1, 0.15) is 17.5 Å². The van der Waals surface area contributed by atoms with Crippen molar-refractivity contribution in [2.45, 2.75) is 79.8 Å². The van der Waals surface area contributed by atoms with Crippen LogP contribution in [0.25, 0.3) is 10.9 Å². The third-order valence-corrected chi connectivity index (χ3v) is 7.60. The molecule has 3 aromatic rings. The molecule has 0 saturated heterocycles. The first kappa shape index (κ1) is 28.7. The second-order valence-corrected chi connectivity index (χ2v) is 12.6. The first-order chi connectivity index (χ1) is 18.2. The topological polar surface area (TPSA) is 96.0 Å². The van der Waals surface area contributed by atoms with E-state index in [4.69, 9.17) is 11.6 Å². The molecule has 0 bridgehead atoms. The highest BCUT2D eigenvalue weighted by molar-refractivity contribution is 6.34. The summed E-state index contributed by atoms with van der Waals surface area (Å²) in [6, 6.07) is 8.67. The summed E-state index contributed by atoms with van der Waals surface area (Å²) in [6.07, 6.45) is 4.38. The van der Waals surface area contributed by atoms with Crippen LogP contribution in [0.3, 0.4) is 0 Å². The Hall–Kier alpha value is -3.26. The van der Waals surface area contributed by atoms with Gasteiger partial charge in [-0.25, -0.2) is 14.4 Å². The molecule has 39 heavy (non-hydrogen) atoms. The number of benzene rings is 2. The summed E-state index contributed by atoms with van der Waals surface area (Å²) in [4.78, 5) is 34.8. The second kappa shape index (κ2) is 11.1. The van der Waals surface area contributed by atoms with Crippen molar-refractivity contribution in [2.24, 2.45) is 10.8 Å². The number of nitrogens with one attached hydrogen (secondary N) is 3. The van der Waals surface area contributed by atoms with Crippen molar-refractivity contribution >= 4 is 45.8 Å². The Kier molecular flexibility index (Phi) is 8.17. The predicted octanol–water partition coefficient (Wildman–Crippen LogP) is 7.03. The van der Waals surface area contributed by atoms with Gasteiger partial charge >= 0.3 is 0 Å². The lowest BCUT2D eigenvalue weighted by molar-refractivity contribution is -0.128. The molecule has 1 aliphatic carbocycles. The van der Waals surface area contributed by atoms with Crippen molar-refractivity contribution in [2.75, 3.05) is 10.6 Å². The van der Waals surface area contributed by atoms with Crippen LogP contribution in [0.2, 0.25) is 5.02 Å². The van der Waals surface area contributed by atoms with Gasteiger partial charge in [-0.1, -0.05) is 58.4 Å². The van der Waals surface area contributed by atoms with Crippen LogP contribution < -0.4 is 16.0 Å². The Labute approximate surface area is 234 Å². The summed E-state index contributed by atoms with van der Waals surface area (Å²) in [7, 11) is 0. The van der Waals surface area contributed by atoms with Gasteiger partial charge in [0.15, 0.2) is 0 Å². The molecule has 1 aromatic heterocycles. The van der Waals surface area contributed by atoms with E-state index < -0.39 is 17.1 Å². The van der Waals surface area contributed by atoms with Gasteiger partial charge in [-0.3, -0.25) is 9.59 Å². The number of carbonyl (C=O) groups excluding carboxylic acids is 2. The number of carbonyl (C=O) groups is 2. The molecule has 1 fully saturated rings. The van der Waals surface area contributed by atoms with E-state index in [1.807, 2.05) is 12.1 Å². The Morgan fingerprint density at radius 2 is 1.79 bits per heavy atom. The Bertz CT molecular complexity index is 1410. The minimum atomic E-state index is -0.775. The summed E-state index contributed by atoms with van der Waals surface area (Å²) in [5.41, 5.74) is 0.592. The summed E-state index contributed by atoms with van der Waals surface area (Å²) in [5.74, 6) is -0.421. The van der Waals surface area contributed by atoms with Gasteiger partial charge in [-0.15, -0.1) is 0 Å². The van der Waals surface area contributed by atoms with Gasteiger partial charge in [0.25, 0.3) is 5.91 Å². The quantitative estimate of drug-likeness (QED) is 0.304. The first-order valence-corrected chi connectivity index (χ1v) is 13.7. The van der Waals surface area contributed by atoms with Crippen LogP contribution in [0.15, 0.2) is 30.3 Å². The zero-order valence-electron chi connectivity index (χ0n) is 23.5. The molecule has 0 aliphatic heterocycles. The molecule has 0 atom stereocenters. The SMILES string of the molecule is Cc1nc(NC2CCC(C)(C)CC2)c2cccc(NC(=O)c3c(Cl)ccc(CNC(=O)C(C)(C)C)c3F)c2n1. The summed E-state index contributed by atoms with van der Waals surface area (Å²) < 4.78 is 15.5. The van der Waals surface area contributed by atoms with E-state index in [1.54, 1.807) is 33.8 Å². The Morgan fingerprint density at radius 3 is 2.46 bits per heavy atom. The fraction of sp³-hybridized carbons (Fsp3) is 0.467. The van der Waals surface area contributed by atoms with Crippen LogP contribution in [0, 0.1) is 23.6 Å². The predicted molar refractivity (Wildman–Crippen MR) is 155 cm³/mol. The molecular weight excluding hydrogens is 517 g/mol. The Balaban J connectivity index is 1.59. The van der Waals surface area contributed by atoms with Crippen LogP contribution >= 0.6 is 11.6 Å². The first-order valence-electron chi connectivity index (χ1n) is 13.4. The van der Waals surface area contributed by atoms with Crippen LogP contribution in [0.1, 0.15) is 82.0 Å². The zero-order valence-corrected chi connectivity index (χ0v) is 24.2. The number of aryl methyl sites for hydroxylation is 1. The number of halogens is 2. The van der Waals surface area contributed by atoms with Gasteiger partial charge in [0, 0.05) is 29.0 Å². The van der Waals surface area contributed by atoms with Crippen molar-refractivity contribution in [3.63, 3.8) is 0 Å². The van der Waals surface area contributed by atoms with Gasteiger partial charge in [-0.05, 0) is 56.2 Å². The standard InChI is InChI=1S/C30H37ClFN5O2/c1-17-34-25-20(26(35-17)36-19-12-14-30(5,6)15-13-19)8-7-9-22(25)37-27(38)23-21(31)11-10-18(24(23)32)16-33-28(39)29(2,3)4/h7-11,19H,12-16H2,1-6H3,(H,33,39)(H,37,38)(H,34,35,36). The van der Waals surface area contributed by atoms with Crippen molar-refractivity contribution in [1.29, 1.82) is 0 Å². The fourth-order valence-electron chi connectivity index (χ4n) is 4.78. The van der Waals surface area contributed by atoms with E-state index in [0.29, 0.717) is 28.5 Å². The van der Waals surface area contributed by atoms with Crippen molar-refractivity contribution < 1.29 is 14.0 Å². The van der Waals surface area contributed by atoms with Gasteiger partial charge in [0.2, 0.25) is 5.91 Å².